The molecule has 0 radical (unpaired) electrons. The molecule has 8 heteroatoms. The number of carbonyl (C=O) groups is 2. The van der Waals surface area contributed by atoms with E-state index in [9.17, 15) is 24.8 Å². The lowest BCUT2D eigenvalue weighted by atomic mass is 9.82. The molecule has 0 aromatic heterocycles. The van der Waals surface area contributed by atoms with E-state index in [-0.39, 0.29) is 28.4 Å². The van der Waals surface area contributed by atoms with Crippen LogP contribution in [-0.2, 0) is 11.3 Å². The van der Waals surface area contributed by atoms with Crippen LogP contribution in [0.25, 0.3) is 0 Å². The van der Waals surface area contributed by atoms with Gasteiger partial charge in [-0.15, -0.1) is 0 Å². The number of aryl methyl sites for hydroxylation is 2. The number of benzene rings is 3. The molecule has 0 bridgehead atoms. The fourth-order valence-electron chi connectivity index (χ4n) is 5.20. The van der Waals surface area contributed by atoms with Gasteiger partial charge in [0.1, 0.15) is 11.3 Å². The second kappa shape index (κ2) is 7.48. The predicted octanol–water partition coefficient (Wildman–Crippen LogP) is 4.39. The minimum Gasteiger partial charge on any atom is -0.454 e. The molecular formula is C27H24N2O6. The zero-order chi connectivity index (χ0) is 25.3. The van der Waals surface area contributed by atoms with E-state index in [0.29, 0.717) is 5.56 Å². The van der Waals surface area contributed by atoms with Crippen molar-refractivity contribution in [1.29, 1.82) is 0 Å². The summed E-state index contributed by atoms with van der Waals surface area (Å²) in [6.07, 6.45) is 0. The molecule has 0 spiro atoms. The largest absolute Gasteiger partial charge is 0.454 e. The van der Waals surface area contributed by atoms with Gasteiger partial charge >= 0.3 is 0 Å². The minimum atomic E-state index is -2.36. The van der Waals surface area contributed by atoms with Crippen molar-refractivity contribution in [3.63, 3.8) is 0 Å². The van der Waals surface area contributed by atoms with Gasteiger partial charge in [0.2, 0.25) is 11.3 Å². The van der Waals surface area contributed by atoms with Crippen LogP contribution < -0.4 is 10.1 Å². The fourth-order valence-corrected chi connectivity index (χ4v) is 5.20. The molecule has 8 nitrogen and oxygen atoms in total. The number of nitrogens with zero attached hydrogens (tertiary/aromatic N) is 1. The molecule has 1 aliphatic carbocycles. The van der Waals surface area contributed by atoms with Crippen molar-refractivity contribution >= 4 is 17.4 Å². The smallest absolute Gasteiger partial charge is 0.280 e. The maximum Gasteiger partial charge on any atom is 0.280 e. The maximum atomic E-state index is 14.1. The highest BCUT2D eigenvalue weighted by atomic mass is 16.6. The molecule has 5 rings (SSSR count). The summed E-state index contributed by atoms with van der Waals surface area (Å²) in [7, 11) is 0. The summed E-state index contributed by atoms with van der Waals surface area (Å²) in [4.78, 5) is 38.7. The number of aliphatic hydroxyl groups is 1. The number of nitrogens with one attached hydrogen (secondary N) is 1. The first-order valence-corrected chi connectivity index (χ1v) is 11.3. The van der Waals surface area contributed by atoms with E-state index in [1.807, 2.05) is 33.8 Å². The molecule has 2 N–H and O–H groups in total. The Morgan fingerprint density at radius 3 is 2.37 bits per heavy atom. The van der Waals surface area contributed by atoms with Crippen LogP contribution in [0.3, 0.4) is 0 Å². The molecule has 3 aromatic rings. The van der Waals surface area contributed by atoms with Crippen LogP contribution in [0, 0.1) is 24.0 Å². The van der Waals surface area contributed by atoms with Gasteiger partial charge < -0.3 is 15.2 Å². The number of hydrogen-bond donors (Lipinski definition) is 2. The van der Waals surface area contributed by atoms with Crippen molar-refractivity contribution in [3.05, 3.63) is 104 Å². The van der Waals surface area contributed by atoms with Crippen LogP contribution in [0.4, 0.5) is 5.69 Å². The first kappa shape index (κ1) is 22.7. The van der Waals surface area contributed by atoms with E-state index in [2.05, 4.69) is 5.32 Å². The Bertz CT molecular complexity index is 1430. The topological polar surface area (TPSA) is 119 Å². The van der Waals surface area contributed by atoms with Gasteiger partial charge in [0.05, 0.1) is 4.92 Å². The van der Waals surface area contributed by atoms with E-state index in [4.69, 9.17) is 4.74 Å². The lowest BCUT2D eigenvalue weighted by Gasteiger charge is -2.34. The molecule has 3 aromatic carbocycles. The Balaban J connectivity index is 1.75. The first-order chi connectivity index (χ1) is 16.5. The summed E-state index contributed by atoms with van der Waals surface area (Å²) in [6.45, 7) is 7.68. The SMILES string of the molecule is Cc1cc(C)cc(C(=O)NC23C(=O)c4c([N+](=O)[O-])cccc4C2(O)Oc2cc(C(C)C)ccc23)c1. The molecule has 0 fully saturated rings. The van der Waals surface area contributed by atoms with Gasteiger partial charge in [-0.3, -0.25) is 19.7 Å². The third kappa shape index (κ3) is 3.03. The zero-order valence-corrected chi connectivity index (χ0v) is 19.7. The number of amides is 1. The molecule has 1 heterocycles. The predicted molar refractivity (Wildman–Crippen MR) is 128 cm³/mol. The fraction of sp³-hybridized carbons (Fsp3) is 0.259. The third-order valence-electron chi connectivity index (χ3n) is 6.80. The lowest BCUT2D eigenvalue weighted by molar-refractivity contribution is -0.385. The molecule has 178 valence electrons. The van der Waals surface area contributed by atoms with Gasteiger partial charge in [-0.2, -0.15) is 0 Å². The van der Waals surface area contributed by atoms with Gasteiger partial charge in [0.15, 0.2) is 0 Å². The number of rotatable bonds is 4. The van der Waals surface area contributed by atoms with Crippen LogP contribution in [0.2, 0.25) is 0 Å². The molecule has 0 saturated carbocycles. The number of Topliss-reactive ketones (excluding diaryl/α,β-unsaturated/α-hetero) is 1. The number of hydrogen-bond acceptors (Lipinski definition) is 6. The second-order valence-corrected chi connectivity index (χ2v) is 9.52. The van der Waals surface area contributed by atoms with Crippen LogP contribution >= 0.6 is 0 Å². The van der Waals surface area contributed by atoms with Crippen molar-refractivity contribution in [2.45, 2.75) is 44.9 Å². The quantitative estimate of drug-likeness (QED) is 0.429. The van der Waals surface area contributed by atoms with Crippen molar-refractivity contribution in [2.75, 3.05) is 0 Å². The van der Waals surface area contributed by atoms with E-state index < -0.39 is 33.6 Å². The summed E-state index contributed by atoms with van der Waals surface area (Å²) in [5.74, 6) is -3.38. The Morgan fingerprint density at radius 1 is 1.06 bits per heavy atom. The van der Waals surface area contributed by atoms with Crippen molar-refractivity contribution in [1.82, 2.24) is 5.32 Å². The Morgan fingerprint density at radius 2 is 1.74 bits per heavy atom. The summed E-state index contributed by atoms with van der Waals surface area (Å²) >= 11 is 0. The molecule has 1 amide bonds. The summed E-state index contributed by atoms with van der Waals surface area (Å²) in [5.41, 5.74) is 0.269. The normalized spacial score (nSPS) is 21.8. The van der Waals surface area contributed by atoms with E-state index in [1.54, 1.807) is 30.3 Å². The van der Waals surface area contributed by atoms with Crippen LogP contribution in [0.15, 0.2) is 54.6 Å². The monoisotopic (exact) mass is 472 g/mol. The molecule has 2 aliphatic rings. The van der Waals surface area contributed by atoms with E-state index in [1.165, 1.54) is 18.2 Å². The Hall–Kier alpha value is -4.04. The van der Waals surface area contributed by atoms with Gasteiger partial charge in [0.25, 0.3) is 17.4 Å². The number of ether oxygens (including phenoxy) is 1. The standard InChI is InChI=1S/C27H24N2O6/c1-14(2)17-8-9-19-22(13-17)35-27(32)20-6-5-7-21(29(33)34)23(20)24(30)26(19,27)28-25(31)18-11-15(3)10-16(4)12-18/h5-14,32H,1-4H3,(H,28,31). The van der Waals surface area contributed by atoms with E-state index >= 15 is 0 Å². The van der Waals surface area contributed by atoms with Gasteiger partial charge in [-0.05, 0) is 43.5 Å². The average Bonchev–Trinajstić information content (AvgIpc) is 3.15. The van der Waals surface area contributed by atoms with Crippen molar-refractivity contribution < 1.29 is 24.4 Å². The lowest BCUT2D eigenvalue weighted by Crippen LogP contribution is -2.60. The first-order valence-electron chi connectivity index (χ1n) is 11.3. The summed E-state index contributed by atoms with van der Waals surface area (Å²) in [5, 5.41) is 26.5. The average molecular weight is 472 g/mol. The minimum absolute atomic E-state index is 0.0558. The number of nitro groups is 1. The number of nitro benzene ring substituents is 1. The molecule has 2 atom stereocenters. The Labute approximate surface area is 201 Å². The number of fused-ring (bicyclic) bond motifs is 5. The van der Waals surface area contributed by atoms with Crippen LogP contribution in [0.1, 0.15) is 68.3 Å². The molecule has 0 saturated heterocycles. The summed E-state index contributed by atoms with van der Waals surface area (Å²) < 4.78 is 6.03. The summed E-state index contributed by atoms with van der Waals surface area (Å²) in [6, 6.07) is 14.4. The third-order valence-corrected chi connectivity index (χ3v) is 6.80. The van der Waals surface area contributed by atoms with Crippen LogP contribution in [0.5, 0.6) is 5.75 Å². The highest BCUT2D eigenvalue weighted by molar-refractivity contribution is 6.15. The van der Waals surface area contributed by atoms with Crippen LogP contribution in [-0.4, -0.2) is 21.7 Å². The molecule has 2 unspecified atom stereocenters. The Kier molecular flexibility index (Phi) is 4.86. The van der Waals surface area contributed by atoms with E-state index in [0.717, 1.165) is 16.7 Å². The van der Waals surface area contributed by atoms with Gasteiger partial charge in [-0.25, -0.2) is 0 Å². The highest BCUT2D eigenvalue weighted by Crippen LogP contribution is 2.59. The van der Waals surface area contributed by atoms with Crippen molar-refractivity contribution in [2.24, 2.45) is 0 Å². The second-order valence-electron chi connectivity index (χ2n) is 9.52. The number of ketones is 1. The van der Waals surface area contributed by atoms with Gasteiger partial charge in [0, 0.05) is 22.8 Å². The van der Waals surface area contributed by atoms with Crippen molar-refractivity contribution in [3.8, 4) is 5.75 Å². The van der Waals surface area contributed by atoms with Gasteiger partial charge in [-0.1, -0.05) is 55.3 Å². The molecule has 35 heavy (non-hydrogen) atoms. The molecular weight excluding hydrogens is 448 g/mol. The highest BCUT2D eigenvalue weighted by Gasteiger charge is 2.73. The molecule has 1 aliphatic heterocycles. The zero-order valence-electron chi connectivity index (χ0n) is 19.7. The maximum absolute atomic E-state index is 14.1. The number of carbonyl (C=O) groups excluding carboxylic acids is 2.